The highest BCUT2D eigenvalue weighted by atomic mass is 19.4. The van der Waals surface area contributed by atoms with E-state index in [1.807, 2.05) is 21.7 Å². The number of benzene rings is 3. The van der Waals surface area contributed by atoms with Crippen LogP contribution >= 0.6 is 0 Å². The summed E-state index contributed by atoms with van der Waals surface area (Å²) in [6.07, 6.45) is -1.38. The Morgan fingerprint density at radius 3 is 2.59 bits per heavy atom. The van der Waals surface area contributed by atoms with Crippen LogP contribution in [0.25, 0.3) is 22.3 Å². The molecule has 0 unspecified atom stereocenters. The van der Waals surface area contributed by atoms with Gasteiger partial charge in [-0.15, -0.1) is 0 Å². The van der Waals surface area contributed by atoms with Gasteiger partial charge in [0.15, 0.2) is 5.65 Å². The summed E-state index contributed by atoms with van der Waals surface area (Å²) in [5.41, 5.74) is 8.14. The van der Waals surface area contributed by atoms with Crippen molar-refractivity contribution in [1.82, 2.24) is 24.6 Å². The SMILES string of the molecule is CC(=O)N1CCC[C@@H](n2nc(-c3ccc(Oc4cccc(COc5ccccc5C(F)(F)F)c4)cc3)c3c(N)ncnc32)C1. The molecule has 3 heterocycles. The molecule has 1 aliphatic rings. The molecule has 0 bridgehead atoms. The third kappa shape index (κ3) is 6.01. The molecule has 1 amide bonds. The zero-order chi connectivity index (χ0) is 30.8. The van der Waals surface area contributed by atoms with Crippen molar-refractivity contribution in [3.8, 4) is 28.5 Å². The van der Waals surface area contributed by atoms with Crippen LogP contribution in [0.1, 0.15) is 36.9 Å². The van der Waals surface area contributed by atoms with Gasteiger partial charge >= 0.3 is 6.18 Å². The largest absolute Gasteiger partial charge is 0.488 e. The number of nitrogen functional groups attached to an aromatic ring is 1. The summed E-state index contributed by atoms with van der Waals surface area (Å²) in [4.78, 5) is 22.5. The van der Waals surface area contributed by atoms with Crippen LogP contribution in [0.4, 0.5) is 19.0 Å². The third-order valence-corrected chi connectivity index (χ3v) is 7.55. The highest BCUT2D eigenvalue weighted by Gasteiger charge is 2.34. The van der Waals surface area contributed by atoms with Gasteiger partial charge in [0.25, 0.3) is 0 Å². The zero-order valence-corrected chi connectivity index (χ0v) is 23.8. The number of anilines is 1. The molecular formula is C32H29F3N6O3. The Bertz CT molecular complexity index is 1810. The fourth-order valence-corrected chi connectivity index (χ4v) is 5.40. The van der Waals surface area contributed by atoms with E-state index >= 15 is 0 Å². The molecule has 44 heavy (non-hydrogen) atoms. The smallest absolute Gasteiger partial charge is 0.419 e. The molecule has 5 aromatic rings. The van der Waals surface area contributed by atoms with Gasteiger partial charge in [0.05, 0.1) is 17.0 Å². The molecule has 12 heteroatoms. The molecule has 2 N–H and O–H groups in total. The number of nitrogens with two attached hydrogens (primary N) is 1. The number of carbonyl (C=O) groups is 1. The number of alkyl halides is 3. The van der Waals surface area contributed by atoms with E-state index < -0.39 is 11.7 Å². The van der Waals surface area contributed by atoms with Crippen molar-refractivity contribution in [2.45, 2.75) is 38.6 Å². The highest BCUT2D eigenvalue weighted by Crippen LogP contribution is 2.37. The van der Waals surface area contributed by atoms with Crippen molar-refractivity contribution in [3.05, 3.63) is 90.3 Å². The van der Waals surface area contributed by atoms with Crippen LogP contribution in [0.3, 0.4) is 0 Å². The highest BCUT2D eigenvalue weighted by molar-refractivity contribution is 5.98. The molecule has 0 radical (unpaired) electrons. The molecule has 1 fully saturated rings. The predicted molar refractivity (Wildman–Crippen MR) is 158 cm³/mol. The lowest BCUT2D eigenvalue weighted by atomic mass is 10.1. The van der Waals surface area contributed by atoms with E-state index in [1.165, 1.54) is 24.5 Å². The molecule has 1 saturated heterocycles. The van der Waals surface area contributed by atoms with Gasteiger partial charge in [-0.05, 0) is 66.9 Å². The maximum atomic E-state index is 13.3. The minimum Gasteiger partial charge on any atom is -0.488 e. The first-order valence-electron chi connectivity index (χ1n) is 14.1. The van der Waals surface area contributed by atoms with Crippen LogP contribution < -0.4 is 15.2 Å². The van der Waals surface area contributed by atoms with Crippen molar-refractivity contribution in [2.24, 2.45) is 0 Å². The maximum absolute atomic E-state index is 13.3. The van der Waals surface area contributed by atoms with Gasteiger partial charge < -0.3 is 20.1 Å². The predicted octanol–water partition coefficient (Wildman–Crippen LogP) is 6.65. The van der Waals surface area contributed by atoms with Gasteiger partial charge in [-0.1, -0.05) is 24.3 Å². The summed E-state index contributed by atoms with van der Waals surface area (Å²) in [6.45, 7) is 2.77. The minimum atomic E-state index is -4.51. The number of aromatic nitrogens is 4. The molecule has 6 rings (SSSR count). The van der Waals surface area contributed by atoms with Crippen LogP contribution in [0.5, 0.6) is 17.2 Å². The topological polar surface area (TPSA) is 108 Å². The Balaban J connectivity index is 1.20. The number of para-hydroxylation sites is 1. The average molecular weight is 603 g/mol. The Kier molecular flexibility index (Phi) is 7.81. The molecule has 226 valence electrons. The number of nitrogens with zero attached hydrogens (tertiary/aromatic N) is 5. The normalized spacial score (nSPS) is 15.4. The zero-order valence-electron chi connectivity index (χ0n) is 23.8. The first-order chi connectivity index (χ1) is 21.2. The molecule has 0 spiro atoms. The monoisotopic (exact) mass is 602 g/mol. The first kappa shape index (κ1) is 29.0. The van der Waals surface area contributed by atoms with Crippen molar-refractivity contribution < 1.29 is 27.4 Å². The van der Waals surface area contributed by atoms with E-state index in [-0.39, 0.29) is 24.3 Å². The van der Waals surface area contributed by atoms with Gasteiger partial charge in [0, 0.05) is 25.6 Å². The summed E-state index contributed by atoms with van der Waals surface area (Å²) in [6, 6.07) is 19.3. The second kappa shape index (κ2) is 11.9. The first-order valence-corrected chi connectivity index (χ1v) is 14.1. The maximum Gasteiger partial charge on any atom is 0.419 e. The van der Waals surface area contributed by atoms with Crippen LogP contribution in [0.2, 0.25) is 0 Å². The summed E-state index contributed by atoms with van der Waals surface area (Å²) in [5.74, 6) is 1.16. The standard InChI is InChI=1S/C32H29F3N6O3/c1-20(42)40-15-5-7-23(17-40)41-31-28(30(36)37-19-38-31)29(39-41)22-11-13-24(14-12-22)44-25-8-4-6-21(16-25)18-43-27-10-3-2-9-26(27)32(33,34)35/h2-4,6,8-14,16,19,23H,5,7,15,17-18H2,1H3,(H2,36,37,38)/t23-/m1/s1. The van der Waals surface area contributed by atoms with E-state index in [0.717, 1.165) is 31.0 Å². The molecule has 2 aromatic heterocycles. The van der Waals surface area contributed by atoms with Crippen LogP contribution in [-0.2, 0) is 17.6 Å². The number of halogens is 3. The molecule has 0 saturated carbocycles. The van der Waals surface area contributed by atoms with Gasteiger partial charge in [-0.3, -0.25) is 4.79 Å². The minimum absolute atomic E-state index is 0.0287. The number of piperidine rings is 1. The Morgan fingerprint density at radius 1 is 1.02 bits per heavy atom. The number of hydrogen-bond acceptors (Lipinski definition) is 7. The number of likely N-dealkylation sites (tertiary alicyclic amines) is 1. The molecule has 1 atom stereocenters. The Labute approximate surface area is 251 Å². The van der Waals surface area contributed by atoms with Gasteiger partial charge in [-0.25, -0.2) is 14.6 Å². The molecule has 0 aliphatic carbocycles. The molecule has 3 aromatic carbocycles. The number of fused-ring (bicyclic) bond motifs is 1. The van der Waals surface area contributed by atoms with E-state index in [1.54, 1.807) is 43.3 Å². The van der Waals surface area contributed by atoms with E-state index in [2.05, 4.69) is 9.97 Å². The number of ether oxygens (including phenoxy) is 2. The van der Waals surface area contributed by atoms with E-state index in [4.69, 9.17) is 20.3 Å². The van der Waals surface area contributed by atoms with Crippen molar-refractivity contribution in [1.29, 1.82) is 0 Å². The second-order valence-electron chi connectivity index (χ2n) is 10.6. The summed E-state index contributed by atoms with van der Waals surface area (Å²) >= 11 is 0. The average Bonchev–Trinajstić information content (AvgIpc) is 3.41. The van der Waals surface area contributed by atoms with Crippen LogP contribution in [-0.4, -0.2) is 43.6 Å². The third-order valence-electron chi connectivity index (χ3n) is 7.55. The number of amides is 1. The van der Waals surface area contributed by atoms with Crippen LogP contribution in [0.15, 0.2) is 79.1 Å². The van der Waals surface area contributed by atoms with Gasteiger partial charge in [0.2, 0.25) is 5.91 Å². The second-order valence-corrected chi connectivity index (χ2v) is 10.6. The van der Waals surface area contributed by atoms with Crippen molar-refractivity contribution in [2.75, 3.05) is 18.8 Å². The summed E-state index contributed by atoms with van der Waals surface area (Å²) in [7, 11) is 0. The van der Waals surface area contributed by atoms with Crippen molar-refractivity contribution >= 4 is 22.8 Å². The number of carbonyl (C=O) groups excluding carboxylic acids is 1. The quantitative estimate of drug-likeness (QED) is 0.222. The summed E-state index contributed by atoms with van der Waals surface area (Å²) in [5, 5.41) is 5.54. The lowest BCUT2D eigenvalue weighted by molar-refractivity contribution is -0.139. The molecule has 9 nitrogen and oxygen atoms in total. The summed E-state index contributed by atoms with van der Waals surface area (Å²) < 4.78 is 53.3. The fourth-order valence-electron chi connectivity index (χ4n) is 5.40. The van der Waals surface area contributed by atoms with E-state index in [9.17, 15) is 18.0 Å². The lowest BCUT2D eigenvalue weighted by Crippen LogP contribution is -2.39. The molecule has 1 aliphatic heterocycles. The number of hydrogen-bond donors (Lipinski definition) is 1. The number of rotatable bonds is 7. The molecular weight excluding hydrogens is 573 g/mol. The lowest BCUT2D eigenvalue weighted by Gasteiger charge is -2.32. The van der Waals surface area contributed by atoms with E-state index in [0.29, 0.717) is 46.2 Å². The van der Waals surface area contributed by atoms with Gasteiger partial charge in [0.1, 0.15) is 41.7 Å². The fraction of sp³-hybridized carbons (Fsp3) is 0.250. The Morgan fingerprint density at radius 2 is 1.82 bits per heavy atom. The Hall–Kier alpha value is -5.13. The van der Waals surface area contributed by atoms with Crippen molar-refractivity contribution in [3.63, 3.8) is 0 Å². The van der Waals surface area contributed by atoms with Gasteiger partial charge in [-0.2, -0.15) is 18.3 Å². The van der Waals surface area contributed by atoms with Crippen LogP contribution in [0, 0.1) is 0 Å².